The summed E-state index contributed by atoms with van der Waals surface area (Å²) in [5, 5.41) is 21.1. The van der Waals surface area contributed by atoms with Crippen molar-refractivity contribution in [3.63, 3.8) is 0 Å². The maximum absolute atomic E-state index is 11.1. The minimum atomic E-state index is -1.06. The number of esters is 1. The van der Waals surface area contributed by atoms with E-state index in [2.05, 4.69) is 13.5 Å². The standard InChI is InChI=1S/C10H13NO3.C6H2N4O4S/c1-2-13-10(12)9(11)14-8-6-4-3-5-7-8;11-9(12)5-1-3-4(8-15-7-3)2-6(5)10(13)14/h3-7,9H,2,11H2,1H3;1-2H. The average Bonchev–Trinajstić information content (AvgIpc) is 3.16. The van der Waals surface area contributed by atoms with Gasteiger partial charge in [-0.1, -0.05) is 18.2 Å². The topological polar surface area (TPSA) is 174 Å². The van der Waals surface area contributed by atoms with Crippen LogP contribution in [-0.2, 0) is 9.53 Å². The Bertz CT molecular complexity index is 963. The van der Waals surface area contributed by atoms with E-state index in [0.29, 0.717) is 12.4 Å². The molecule has 0 saturated carbocycles. The second kappa shape index (κ2) is 10.0. The molecule has 0 aliphatic carbocycles. The third-order valence-corrected chi connectivity index (χ3v) is 3.83. The van der Waals surface area contributed by atoms with Crippen LogP contribution in [-0.4, -0.2) is 37.4 Å². The molecule has 0 fully saturated rings. The molecule has 1 atom stereocenters. The van der Waals surface area contributed by atoms with E-state index in [1.807, 2.05) is 6.07 Å². The van der Waals surface area contributed by atoms with E-state index in [0.717, 1.165) is 23.9 Å². The first-order valence-corrected chi connectivity index (χ1v) is 8.75. The second-order valence-corrected chi connectivity index (χ2v) is 5.74. The summed E-state index contributed by atoms with van der Waals surface area (Å²) < 4.78 is 17.4. The molecule has 0 saturated heterocycles. The minimum absolute atomic E-state index is 0.289. The number of nitro groups is 2. The van der Waals surface area contributed by atoms with Crippen molar-refractivity contribution < 1.29 is 24.1 Å². The number of hydrogen-bond acceptors (Lipinski definition) is 11. The monoisotopic (exact) mass is 421 g/mol. The Balaban J connectivity index is 0.000000208. The average molecular weight is 421 g/mol. The quantitative estimate of drug-likeness (QED) is 0.269. The molecule has 2 aromatic carbocycles. The molecule has 12 nitrogen and oxygen atoms in total. The summed E-state index contributed by atoms with van der Waals surface area (Å²) in [6, 6.07) is 11.0. The van der Waals surface area contributed by atoms with Crippen LogP contribution < -0.4 is 10.5 Å². The molecule has 3 aromatic rings. The van der Waals surface area contributed by atoms with Crippen molar-refractivity contribution in [3.05, 3.63) is 62.7 Å². The van der Waals surface area contributed by atoms with Gasteiger partial charge in [-0.2, -0.15) is 8.75 Å². The van der Waals surface area contributed by atoms with E-state index in [1.54, 1.807) is 31.2 Å². The zero-order valence-electron chi connectivity index (χ0n) is 15.0. The van der Waals surface area contributed by atoms with Gasteiger partial charge in [-0.3, -0.25) is 26.0 Å². The number of carbonyl (C=O) groups excluding carboxylic acids is 1. The van der Waals surface area contributed by atoms with Crippen LogP contribution in [0.4, 0.5) is 11.4 Å². The molecule has 29 heavy (non-hydrogen) atoms. The Morgan fingerprint density at radius 2 is 1.62 bits per heavy atom. The Kier molecular flexibility index (Phi) is 7.45. The van der Waals surface area contributed by atoms with Gasteiger partial charge in [0.25, 0.3) is 0 Å². The lowest BCUT2D eigenvalue weighted by atomic mass is 10.2. The van der Waals surface area contributed by atoms with E-state index in [4.69, 9.17) is 10.5 Å². The molecule has 0 bridgehead atoms. The number of carbonyl (C=O) groups is 1. The van der Waals surface area contributed by atoms with Crippen LogP contribution in [0.25, 0.3) is 11.0 Å². The number of nitro benzene ring substituents is 2. The molecule has 1 heterocycles. The number of benzene rings is 2. The first-order valence-electron chi connectivity index (χ1n) is 8.02. The number of nitrogens with two attached hydrogens (primary N) is 1. The van der Waals surface area contributed by atoms with Crippen molar-refractivity contribution in [2.75, 3.05) is 6.61 Å². The Labute approximate surface area is 167 Å². The first kappa shape index (κ1) is 21.6. The SMILES string of the molecule is CCOC(=O)C(N)Oc1ccccc1.O=[N+]([O-])c1cc2nsnc2cc1[N+](=O)[O-]. The van der Waals surface area contributed by atoms with Crippen molar-refractivity contribution in [1.29, 1.82) is 0 Å². The minimum Gasteiger partial charge on any atom is -0.464 e. The van der Waals surface area contributed by atoms with Crippen molar-refractivity contribution in [2.24, 2.45) is 5.73 Å². The van der Waals surface area contributed by atoms with Gasteiger partial charge in [0.2, 0.25) is 6.23 Å². The number of fused-ring (bicyclic) bond motifs is 1. The number of para-hydroxylation sites is 1. The third-order valence-electron chi connectivity index (χ3n) is 3.27. The summed E-state index contributed by atoms with van der Waals surface area (Å²) in [5.74, 6) is -0.00981. The van der Waals surface area contributed by atoms with E-state index in [9.17, 15) is 25.0 Å². The smallest absolute Gasteiger partial charge is 0.362 e. The van der Waals surface area contributed by atoms with Crippen LogP contribution in [0.15, 0.2) is 42.5 Å². The number of nitrogens with zero attached hydrogens (tertiary/aromatic N) is 4. The molecule has 0 radical (unpaired) electrons. The van der Waals surface area contributed by atoms with Crippen LogP contribution in [0.2, 0.25) is 0 Å². The molecule has 1 unspecified atom stereocenters. The molecular formula is C16H15N5O7S. The van der Waals surface area contributed by atoms with Crippen LogP contribution in [0, 0.1) is 20.2 Å². The van der Waals surface area contributed by atoms with Crippen molar-refractivity contribution >= 4 is 40.1 Å². The molecule has 0 amide bonds. The van der Waals surface area contributed by atoms with Gasteiger partial charge in [-0.15, -0.1) is 0 Å². The Morgan fingerprint density at radius 3 is 2.07 bits per heavy atom. The fourth-order valence-electron chi connectivity index (χ4n) is 2.02. The summed E-state index contributed by atoms with van der Waals surface area (Å²) >= 11 is 0.849. The molecule has 0 aliphatic heterocycles. The fraction of sp³-hybridized carbons (Fsp3) is 0.188. The fourth-order valence-corrected chi connectivity index (χ4v) is 2.53. The van der Waals surface area contributed by atoms with Gasteiger partial charge in [0.15, 0.2) is 0 Å². The highest BCUT2D eigenvalue weighted by atomic mass is 32.1. The Morgan fingerprint density at radius 1 is 1.10 bits per heavy atom. The van der Waals surface area contributed by atoms with Crippen molar-refractivity contribution in [3.8, 4) is 5.75 Å². The van der Waals surface area contributed by atoms with E-state index >= 15 is 0 Å². The van der Waals surface area contributed by atoms with E-state index < -0.39 is 33.4 Å². The highest BCUT2D eigenvalue weighted by molar-refractivity contribution is 7.00. The van der Waals surface area contributed by atoms with Crippen LogP contribution >= 0.6 is 11.7 Å². The van der Waals surface area contributed by atoms with Gasteiger partial charge in [-0.05, 0) is 19.1 Å². The summed E-state index contributed by atoms with van der Waals surface area (Å²) in [6.45, 7) is 2.01. The molecule has 3 rings (SSSR count). The van der Waals surface area contributed by atoms with Gasteiger partial charge < -0.3 is 9.47 Å². The van der Waals surface area contributed by atoms with Gasteiger partial charge in [-0.25, -0.2) is 4.79 Å². The predicted molar refractivity (Wildman–Crippen MR) is 102 cm³/mol. The molecule has 0 aliphatic rings. The number of aromatic nitrogens is 2. The molecular weight excluding hydrogens is 406 g/mol. The van der Waals surface area contributed by atoms with Crippen LogP contribution in [0.3, 0.4) is 0 Å². The summed E-state index contributed by atoms with van der Waals surface area (Å²) in [6.07, 6.45) is -1.06. The number of hydrogen-bond donors (Lipinski definition) is 1. The van der Waals surface area contributed by atoms with Gasteiger partial charge in [0.1, 0.15) is 16.8 Å². The summed E-state index contributed by atoms with van der Waals surface area (Å²) in [7, 11) is 0. The summed E-state index contributed by atoms with van der Waals surface area (Å²) in [5.41, 5.74) is 4.88. The maximum Gasteiger partial charge on any atom is 0.362 e. The highest BCUT2D eigenvalue weighted by Gasteiger charge is 2.25. The molecule has 152 valence electrons. The van der Waals surface area contributed by atoms with Crippen molar-refractivity contribution in [2.45, 2.75) is 13.2 Å². The van der Waals surface area contributed by atoms with E-state index in [-0.39, 0.29) is 11.0 Å². The molecule has 2 N–H and O–H groups in total. The number of rotatable bonds is 6. The maximum atomic E-state index is 11.1. The molecule has 0 spiro atoms. The van der Waals surface area contributed by atoms with Crippen LogP contribution in [0.5, 0.6) is 5.75 Å². The van der Waals surface area contributed by atoms with E-state index in [1.165, 1.54) is 0 Å². The molecule has 1 aromatic heterocycles. The first-order chi connectivity index (χ1) is 13.8. The van der Waals surface area contributed by atoms with Crippen LogP contribution in [0.1, 0.15) is 6.92 Å². The Hall–Kier alpha value is -3.71. The lowest BCUT2D eigenvalue weighted by molar-refractivity contribution is -0.422. The zero-order chi connectivity index (χ0) is 21.4. The highest BCUT2D eigenvalue weighted by Crippen LogP contribution is 2.30. The summed E-state index contributed by atoms with van der Waals surface area (Å²) in [4.78, 5) is 30.6. The largest absolute Gasteiger partial charge is 0.464 e. The van der Waals surface area contributed by atoms with Crippen molar-refractivity contribution in [1.82, 2.24) is 8.75 Å². The normalized spacial score (nSPS) is 11.1. The zero-order valence-corrected chi connectivity index (χ0v) is 15.8. The second-order valence-electron chi connectivity index (χ2n) is 5.21. The van der Waals surface area contributed by atoms with Gasteiger partial charge in [0.05, 0.1) is 40.3 Å². The molecule has 13 heteroatoms. The number of ether oxygens (including phenoxy) is 2. The third kappa shape index (κ3) is 5.88. The lowest BCUT2D eigenvalue weighted by Gasteiger charge is -2.12. The predicted octanol–water partition coefficient (Wildman–Crippen LogP) is 2.42. The van der Waals surface area contributed by atoms with Gasteiger partial charge >= 0.3 is 17.3 Å². The van der Waals surface area contributed by atoms with Gasteiger partial charge in [0, 0.05) is 0 Å². The lowest BCUT2D eigenvalue weighted by Crippen LogP contribution is -2.37.